The van der Waals surface area contributed by atoms with Gasteiger partial charge in [0.2, 0.25) is 5.95 Å². The normalized spacial score (nSPS) is 20.3. The number of rotatable bonds is 12. The zero-order valence-electron chi connectivity index (χ0n) is 22.8. The van der Waals surface area contributed by atoms with Gasteiger partial charge >= 0.3 is 0 Å². The van der Waals surface area contributed by atoms with Crippen molar-refractivity contribution >= 4 is 91.8 Å². The van der Waals surface area contributed by atoms with E-state index in [2.05, 4.69) is 32.6 Å². The Balaban J connectivity index is 1.47. The molecule has 4 atom stereocenters. The van der Waals surface area contributed by atoms with Gasteiger partial charge in [0.1, 0.15) is 24.1 Å². The van der Waals surface area contributed by atoms with Crippen molar-refractivity contribution in [1.82, 2.24) is 14.5 Å². The molecule has 2 aromatic heterocycles. The van der Waals surface area contributed by atoms with Crippen molar-refractivity contribution in [3.63, 3.8) is 0 Å². The number of nitrogens with two attached hydrogens (primary N) is 2. The van der Waals surface area contributed by atoms with Crippen molar-refractivity contribution in [3.8, 4) is 0 Å². The van der Waals surface area contributed by atoms with Gasteiger partial charge in [0.15, 0.2) is 11.9 Å². The molecule has 1 saturated heterocycles. The van der Waals surface area contributed by atoms with Gasteiger partial charge in [-0.05, 0) is 58.0 Å². The standard InChI is InChI=1S/C28H28Cl4IN5O5/c1-39-6-7-41-24-23(42-12-15-3-5-17(30)9-19(15)32)21(13-40-11-14-2-4-16(29)8-18(14)31)43-27(24)38-10-20(33)22-25(34)36-28(35)37-26(22)38/h2-5,8-10,21,23-24,27H,6-7,11-13H2,1H3,(H4,34,35,36,37). The first-order valence-electron chi connectivity index (χ1n) is 13.1. The van der Waals surface area contributed by atoms with Gasteiger partial charge in [-0.2, -0.15) is 9.97 Å². The third kappa shape index (κ3) is 7.60. The predicted molar refractivity (Wildman–Crippen MR) is 176 cm³/mol. The predicted octanol–water partition coefficient (Wildman–Crippen LogP) is 6.55. The Morgan fingerprint density at radius 1 is 0.907 bits per heavy atom. The third-order valence-corrected chi connectivity index (χ3v) is 8.82. The van der Waals surface area contributed by atoms with E-state index in [4.69, 9.17) is 81.6 Å². The number of ether oxygens (including phenoxy) is 5. The van der Waals surface area contributed by atoms with Crippen LogP contribution in [0.15, 0.2) is 42.6 Å². The van der Waals surface area contributed by atoms with E-state index in [1.165, 1.54) is 0 Å². The molecule has 230 valence electrons. The van der Waals surface area contributed by atoms with Crippen LogP contribution in [0.3, 0.4) is 0 Å². The van der Waals surface area contributed by atoms with Crippen molar-refractivity contribution in [2.24, 2.45) is 0 Å². The molecule has 5 rings (SSSR count). The fraction of sp³-hybridized carbons (Fsp3) is 0.357. The maximum absolute atomic E-state index is 6.62. The van der Waals surface area contributed by atoms with Crippen molar-refractivity contribution in [2.75, 3.05) is 38.4 Å². The highest BCUT2D eigenvalue weighted by Gasteiger charge is 2.48. The number of nitrogen functional groups attached to an aromatic ring is 2. The number of anilines is 2. The topological polar surface area (TPSA) is 129 Å². The quantitative estimate of drug-likeness (QED) is 0.122. The summed E-state index contributed by atoms with van der Waals surface area (Å²) in [5.41, 5.74) is 14.2. The second-order valence-corrected chi connectivity index (χ2v) is 12.6. The van der Waals surface area contributed by atoms with Gasteiger partial charge in [-0.15, -0.1) is 0 Å². The van der Waals surface area contributed by atoms with Crippen molar-refractivity contribution in [1.29, 1.82) is 0 Å². The highest BCUT2D eigenvalue weighted by molar-refractivity contribution is 14.1. The first-order valence-corrected chi connectivity index (χ1v) is 15.7. The lowest BCUT2D eigenvalue weighted by Gasteiger charge is -2.26. The molecule has 0 spiro atoms. The van der Waals surface area contributed by atoms with E-state index in [-0.39, 0.29) is 38.2 Å². The van der Waals surface area contributed by atoms with Crippen LogP contribution in [0.4, 0.5) is 11.8 Å². The minimum Gasteiger partial charge on any atom is -0.383 e. The summed E-state index contributed by atoms with van der Waals surface area (Å²) in [7, 11) is 1.60. The summed E-state index contributed by atoms with van der Waals surface area (Å²) in [4.78, 5) is 8.60. The molecule has 0 radical (unpaired) electrons. The van der Waals surface area contributed by atoms with Gasteiger partial charge in [-0.1, -0.05) is 58.5 Å². The average molecular weight is 783 g/mol. The smallest absolute Gasteiger partial charge is 0.223 e. The van der Waals surface area contributed by atoms with E-state index in [9.17, 15) is 0 Å². The number of aromatic nitrogens is 3. The van der Waals surface area contributed by atoms with Crippen LogP contribution in [0.5, 0.6) is 0 Å². The molecular weight excluding hydrogens is 755 g/mol. The summed E-state index contributed by atoms with van der Waals surface area (Å²) in [6.07, 6.45) is -0.591. The van der Waals surface area contributed by atoms with Crippen LogP contribution in [0, 0.1) is 3.57 Å². The van der Waals surface area contributed by atoms with E-state index in [1.807, 2.05) is 22.9 Å². The van der Waals surface area contributed by atoms with Crippen LogP contribution in [0.1, 0.15) is 17.4 Å². The Hall–Kier alpha value is -1.65. The second-order valence-electron chi connectivity index (χ2n) is 9.71. The molecule has 2 aromatic carbocycles. The zero-order chi connectivity index (χ0) is 30.7. The first kappa shape index (κ1) is 32.7. The Labute approximate surface area is 281 Å². The molecule has 0 saturated carbocycles. The van der Waals surface area contributed by atoms with E-state index >= 15 is 0 Å². The SMILES string of the molecule is COCCOC1C(OCc2ccc(Cl)cc2Cl)C(COCc2ccc(Cl)cc2Cl)OC1n1cc(I)c2c(N)nc(N)nc21. The number of hydrogen-bond donors (Lipinski definition) is 2. The maximum atomic E-state index is 6.62. The number of fused-ring (bicyclic) bond motifs is 1. The summed E-state index contributed by atoms with van der Waals surface area (Å²) in [6, 6.07) is 10.5. The van der Waals surface area contributed by atoms with Gasteiger partial charge in [-0.3, -0.25) is 0 Å². The van der Waals surface area contributed by atoms with E-state index in [1.54, 1.807) is 31.4 Å². The number of benzene rings is 2. The lowest BCUT2D eigenvalue weighted by Crippen LogP contribution is -2.39. The van der Waals surface area contributed by atoms with Gasteiger partial charge in [0.05, 0.1) is 38.4 Å². The van der Waals surface area contributed by atoms with Crippen LogP contribution in [0.2, 0.25) is 20.1 Å². The number of methoxy groups -OCH3 is 1. The Morgan fingerprint density at radius 3 is 2.23 bits per heavy atom. The van der Waals surface area contributed by atoms with Crippen LogP contribution in [-0.4, -0.2) is 59.8 Å². The second kappa shape index (κ2) is 14.6. The van der Waals surface area contributed by atoms with Gasteiger partial charge in [0, 0.05) is 37.0 Å². The minimum atomic E-state index is -0.685. The molecule has 4 unspecified atom stereocenters. The fourth-order valence-corrected chi connectivity index (χ4v) is 6.55. The molecule has 4 aromatic rings. The largest absolute Gasteiger partial charge is 0.383 e. The van der Waals surface area contributed by atoms with E-state index in [0.29, 0.717) is 37.7 Å². The first-order chi connectivity index (χ1) is 20.7. The van der Waals surface area contributed by atoms with Crippen LogP contribution in [0.25, 0.3) is 11.0 Å². The molecule has 43 heavy (non-hydrogen) atoms. The summed E-state index contributed by atoms with van der Waals surface area (Å²) in [5.74, 6) is 0.311. The summed E-state index contributed by atoms with van der Waals surface area (Å²) < 4.78 is 33.5. The molecule has 0 amide bonds. The molecule has 1 fully saturated rings. The van der Waals surface area contributed by atoms with Gasteiger partial charge in [0.25, 0.3) is 0 Å². The van der Waals surface area contributed by atoms with Crippen LogP contribution in [-0.2, 0) is 36.9 Å². The van der Waals surface area contributed by atoms with Crippen LogP contribution < -0.4 is 11.5 Å². The summed E-state index contributed by atoms with van der Waals surface area (Å²) in [6.45, 7) is 1.21. The number of hydrogen-bond acceptors (Lipinski definition) is 9. The lowest BCUT2D eigenvalue weighted by atomic mass is 10.1. The number of halogens is 5. The van der Waals surface area contributed by atoms with E-state index in [0.717, 1.165) is 14.7 Å². The van der Waals surface area contributed by atoms with Gasteiger partial charge < -0.3 is 39.7 Å². The Kier molecular flexibility index (Phi) is 11.1. The van der Waals surface area contributed by atoms with Crippen molar-refractivity contribution < 1.29 is 23.7 Å². The van der Waals surface area contributed by atoms with Crippen molar-refractivity contribution in [2.45, 2.75) is 37.8 Å². The monoisotopic (exact) mass is 781 g/mol. The fourth-order valence-electron chi connectivity index (χ4n) is 4.80. The molecule has 0 bridgehead atoms. The zero-order valence-corrected chi connectivity index (χ0v) is 28.0. The molecule has 0 aliphatic carbocycles. The third-order valence-electron chi connectivity index (χ3n) is 6.83. The van der Waals surface area contributed by atoms with Crippen molar-refractivity contribution in [3.05, 3.63) is 77.4 Å². The Bertz CT molecular complexity index is 1600. The maximum Gasteiger partial charge on any atom is 0.223 e. The lowest BCUT2D eigenvalue weighted by molar-refractivity contribution is -0.0929. The summed E-state index contributed by atoms with van der Waals surface area (Å²) >= 11 is 27.2. The highest BCUT2D eigenvalue weighted by Crippen LogP contribution is 2.39. The van der Waals surface area contributed by atoms with Gasteiger partial charge in [-0.25, -0.2) is 0 Å². The molecule has 10 nitrogen and oxygen atoms in total. The number of nitrogens with zero attached hydrogens (tertiary/aromatic N) is 3. The molecule has 1 aliphatic rings. The molecule has 15 heteroatoms. The highest BCUT2D eigenvalue weighted by atomic mass is 127. The molecular formula is C28H28Cl4IN5O5. The molecule has 1 aliphatic heterocycles. The molecule has 4 N–H and O–H groups in total. The van der Waals surface area contributed by atoms with Crippen LogP contribution >= 0.6 is 69.0 Å². The minimum absolute atomic E-state index is 0.0421. The summed E-state index contributed by atoms with van der Waals surface area (Å²) in [5, 5.41) is 2.72. The average Bonchev–Trinajstić information content (AvgIpc) is 3.46. The van der Waals surface area contributed by atoms with E-state index < -0.39 is 24.5 Å². The molecule has 3 heterocycles. The Morgan fingerprint density at radius 2 is 1.58 bits per heavy atom.